The zero-order valence-corrected chi connectivity index (χ0v) is 12.3. The maximum absolute atomic E-state index is 11.0. The minimum absolute atomic E-state index is 0.325. The molecule has 1 aromatic rings. The second-order valence-corrected chi connectivity index (χ2v) is 6.48. The first-order valence-corrected chi connectivity index (χ1v) is 7.94. The summed E-state index contributed by atoms with van der Waals surface area (Å²) < 4.78 is 11.0. The van der Waals surface area contributed by atoms with Crippen molar-refractivity contribution in [2.75, 3.05) is 12.0 Å². The number of nitrogens with one attached hydrogen (secondary N) is 1. The molecule has 0 saturated carbocycles. The standard InChI is InChI=1S/C12H17Cl2NOS/c1-9(5-6-17(2)16)15-8-10-3-4-11(13)7-12(10)14/h3-4,7,9,15H,5-6,8H2,1-2H3. The number of halogens is 2. The van der Waals surface area contributed by atoms with Gasteiger partial charge in [0.2, 0.25) is 0 Å². The smallest absolute Gasteiger partial charge is 0.0465 e. The van der Waals surface area contributed by atoms with Gasteiger partial charge >= 0.3 is 0 Å². The van der Waals surface area contributed by atoms with Crippen molar-refractivity contribution in [3.8, 4) is 0 Å². The van der Waals surface area contributed by atoms with Crippen molar-refractivity contribution < 1.29 is 4.21 Å². The molecule has 96 valence electrons. The van der Waals surface area contributed by atoms with E-state index < -0.39 is 10.8 Å². The normalized spacial score (nSPS) is 14.6. The van der Waals surface area contributed by atoms with Gasteiger partial charge in [0.05, 0.1) is 0 Å². The Balaban J connectivity index is 2.41. The Morgan fingerprint density at radius 2 is 2.12 bits per heavy atom. The Kier molecular flexibility index (Phi) is 6.49. The third-order valence-electron chi connectivity index (χ3n) is 2.49. The van der Waals surface area contributed by atoms with Gasteiger partial charge in [-0.15, -0.1) is 0 Å². The number of benzene rings is 1. The fraction of sp³-hybridized carbons (Fsp3) is 0.500. The third kappa shape index (κ3) is 5.87. The maximum Gasteiger partial charge on any atom is 0.0465 e. The average Bonchev–Trinajstić information content (AvgIpc) is 2.25. The van der Waals surface area contributed by atoms with E-state index in [0.717, 1.165) is 17.7 Å². The van der Waals surface area contributed by atoms with Crippen LogP contribution in [0.25, 0.3) is 0 Å². The largest absolute Gasteiger partial charge is 0.310 e. The predicted octanol–water partition coefficient (Wildman–Crippen LogP) is 3.24. The van der Waals surface area contributed by atoms with E-state index >= 15 is 0 Å². The van der Waals surface area contributed by atoms with Gasteiger partial charge < -0.3 is 5.32 Å². The van der Waals surface area contributed by atoms with Gasteiger partial charge in [-0.2, -0.15) is 0 Å². The lowest BCUT2D eigenvalue weighted by Gasteiger charge is -2.13. The average molecular weight is 294 g/mol. The molecule has 2 atom stereocenters. The van der Waals surface area contributed by atoms with Gasteiger partial charge in [0.1, 0.15) is 0 Å². The Bertz CT molecular complexity index is 398. The first kappa shape index (κ1) is 15.0. The van der Waals surface area contributed by atoms with E-state index in [0.29, 0.717) is 22.6 Å². The quantitative estimate of drug-likeness (QED) is 0.872. The van der Waals surface area contributed by atoms with Crippen LogP contribution in [0, 0.1) is 0 Å². The Morgan fingerprint density at radius 1 is 1.41 bits per heavy atom. The first-order chi connectivity index (χ1) is 7.99. The van der Waals surface area contributed by atoms with Crippen molar-refractivity contribution in [2.45, 2.75) is 25.9 Å². The molecule has 0 aliphatic rings. The predicted molar refractivity (Wildman–Crippen MR) is 76.3 cm³/mol. The van der Waals surface area contributed by atoms with Gasteiger partial charge in [-0.25, -0.2) is 0 Å². The molecule has 1 aromatic carbocycles. The van der Waals surface area contributed by atoms with Crippen molar-refractivity contribution in [3.05, 3.63) is 33.8 Å². The van der Waals surface area contributed by atoms with Crippen LogP contribution in [-0.4, -0.2) is 22.3 Å². The SMILES string of the molecule is CC(CCS(C)=O)NCc1ccc(Cl)cc1Cl. The summed E-state index contributed by atoms with van der Waals surface area (Å²) in [5.41, 5.74) is 1.03. The van der Waals surface area contributed by atoms with Crippen LogP contribution in [0.4, 0.5) is 0 Å². The van der Waals surface area contributed by atoms with Crippen LogP contribution < -0.4 is 5.32 Å². The van der Waals surface area contributed by atoms with Gasteiger partial charge in [-0.1, -0.05) is 29.3 Å². The lowest BCUT2D eigenvalue weighted by Crippen LogP contribution is -2.27. The van der Waals surface area contributed by atoms with Crippen molar-refractivity contribution in [1.82, 2.24) is 5.32 Å². The molecule has 0 heterocycles. The van der Waals surface area contributed by atoms with E-state index in [1.54, 1.807) is 12.3 Å². The van der Waals surface area contributed by atoms with Crippen molar-refractivity contribution in [2.24, 2.45) is 0 Å². The van der Waals surface area contributed by atoms with E-state index in [1.807, 2.05) is 12.1 Å². The molecular formula is C12H17Cl2NOS. The van der Waals surface area contributed by atoms with E-state index in [1.165, 1.54) is 0 Å². The molecule has 0 aliphatic carbocycles. The highest BCUT2D eigenvalue weighted by molar-refractivity contribution is 7.84. The van der Waals surface area contributed by atoms with Gasteiger partial charge in [0.25, 0.3) is 0 Å². The summed E-state index contributed by atoms with van der Waals surface area (Å²) in [7, 11) is -0.725. The van der Waals surface area contributed by atoms with Crippen LogP contribution in [0.15, 0.2) is 18.2 Å². The van der Waals surface area contributed by atoms with Gasteiger partial charge in [0, 0.05) is 45.4 Å². The Hall–Kier alpha value is -0.0900. The summed E-state index contributed by atoms with van der Waals surface area (Å²) >= 11 is 11.9. The molecule has 1 N–H and O–H groups in total. The van der Waals surface area contributed by atoms with Crippen molar-refractivity contribution in [3.63, 3.8) is 0 Å². The molecule has 2 nitrogen and oxygen atoms in total. The molecule has 0 saturated heterocycles. The molecule has 1 rings (SSSR count). The maximum atomic E-state index is 11.0. The zero-order chi connectivity index (χ0) is 12.8. The van der Waals surface area contributed by atoms with Crippen LogP contribution in [-0.2, 0) is 17.3 Å². The molecule has 5 heteroatoms. The molecule has 0 bridgehead atoms. The summed E-state index contributed by atoms with van der Waals surface area (Å²) in [5.74, 6) is 0.725. The summed E-state index contributed by atoms with van der Waals surface area (Å²) in [6.07, 6.45) is 2.62. The molecule has 0 aliphatic heterocycles. The fourth-order valence-electron chi connectivity index (χ4n) is 1.39. The van der Waals surface area contributed by atoms with Crippen LogP contribution in [0.1, 0.15) is 18.9 Å². The molecule has 2 unspecified atom stereocenters. The number of hydrogen-bond donors (Lipinski definition) is 1. The van der Waals surface area contributed by atoms with Crippen molar-refractivity contribution >= 4 is 34.0 Å². The van der Waals surface area contributed by atoms with E-state index in [-0.39, 0.29) is 0 Å². The fourth-order valence-corrected chi connectivity index (χ4v) is 2.55. The monoisotopic (exact) mass is 293 g/mol. The highest BCUT2D eigenvalue weighted by Crippen LogP contribution is 2.20. The molecule has 0 amide bonds. The molecular weight excluding hydrogens is 277 g/mol. The Labute approximate surface area is 115 Å². The Morgan fingerprint density at radius 3 is 2.71 bits per heavy atom. The number of hydrogen-bond acceptors (Lipinski definition) is 2. The minimum atomic E-state index is -0.725. The second-order valence-electron chi connectivity index (χ2n) is 4.08. The zero-order valence-electron chi connectivity index (χ0n) is 10.0. The third-order valence-corrected chi connectivity index (χ3v) is 3.89. The topological polar surface area (TPSA) is 29.1 Å². The van der Waals surface area contributed by atoms with Gasteiger partial charge in [-0.05, 0) is 31.0 Å². The molecule has 0 spiro atoms. The van der Waals surface area contributed by atoms with E-state index in [9.17, 15) is 4.21 Å². The van der Waals surface area contributed by atoms with Crippen LogP contribution in [0.2, 0.25) is 10.0 Å². The first-order valence-electron chi connectivity index (χ1n) is 5.46. The van der Waals surface area contributed by atoms with Gasteiger partial charge in [-0.3, -0.25) is 4.21 Å². The van der Waals surface area contributed by atoms with Gasteiger partial charge in [0.15, 0.2) is 0 Å². The number of rotatable bonds is 6. The summed E-state index contributed by atoms with van der Waals surface area (Å²) in [6, 6.07) is 5.82. The summed E-state index contributed by atoms with van der Waals surface area (Å²) in [4.78, 5) is 0. The molecule has 0 fully saturated rings. The lowest BCUT2D eigenvalue weighted by atomic mass is 10.2. The van der Waals surface area contributed by atoms with E-state index in [4.69, 9.17) is 23.2 Å². The van der Waals surface area contributed by atoms with Crippen LogP contribution in [0.3, 0.4) is 0 Å². The molecule has 0 aromatic heterocycles. The van der Waals surface area contributed by atoms with Crippen LogP contribution >= 0.6 is 23.2 Å². The summed E-state index contributed by atoms with van der Waals surface area (Å²) in [6.45, 7) is 2.78. The van der Waals surface area contributed by atoms with E-state index in [2.05, 4.69) is 12.2 Å². The second kappa shape index (κ2) is 7.37. The highest BCUT2D eigenvalue weighted by Gasteiger charge is 2.05. The lowest BCUT2D eigenvalue weighted by molar-refractivity contribution is 0.535. The summed E-state index contributed by atoms with van der Waals surface area (Å²) in [5, 5.41) is 4.68. The minimum Gasteiger partial charge on any atom is -0.310 e. The molecule has 17 heavy (non-hydrogen) atoms. The highest BCUT2D eigenvalue weighted by atomic mass is 35.5. The van der Waals surface area contributed by atoms with Crippen molar-refractivity contribution in [1.29, 1.82) is 0 Å². The van der Waals surface area contributed by atoms with Crippen LogP contribution in [0.5, 0.6) is 0 Å². The molecule has 0 radical (unpaired) electrons.